The summed E-state index contributed by atoms with van der Waals surface area (Å²) in [5.74, 6) is -0.250. The zero-order valence-corrected chi connectivity index (χ0v) is 10.9. The Labute approximate surface area is 112 Å². The number of hydrogen-bond acceptors (Lipinski definition) is 1. The molecule has 98 valence electrons. The average Bonchev–Trinajstić information content (AvgIpc) is 3.24. The van der Waals surface area contributed by atoms with E-state index in [1.165, 1.54) is 6.07 Å². The van der Waals surface area contributed by atoms with Gasteiger partial charge in [-0.15, -0.1) is 0 Å². The van der Waals surface area contributed by atoms with E-state index in [0.717, 1.165) is 18.4 Å². The van der Waals surface area contributed by atoms with Gasteiger partial charge in [-0.2, -0.15) is 0 Å². The Kier molecular flexibility index (Phi) is 2.90. The van der Waals surface area contributed by atoms with Crippen LogP contribution in [0.25, 0.3) is 0 Å². The molecule has 2 heteroatoms. The molecule has 1 fully saturated rings. The summed E-state index contributed by atoms with van der Waals surface area (Å²) in [6.07, 6.45) is 1.27. The summed E-state index contributed by atoms with van der Waals surface area (Å²) in [4.78, 5) is 0. The monoisotopic (exact) mass is 256 g/mol. The fourth-order valence-corrected chi connectivity index (χ4v) is 2.72. The van der Waals surface area contributed by atoms with E-state index < -0.39 is 6.10 Å². The fourth-order valence-electron chi connectivity index (χ4n) is 2.72. The van der Waals surface area contributed by atoms with Gasteiger partial charge in [0.15, 0.2) is 0 Å². The molecule has 1 nitrogen and oxygen atoms in total. The van der Waals surface area contributed by atoms with Gasteiger partial charge in [-0.3, -0.25) is 0 Å². The number of benzene rings is 2. The zero-order valence-electron chi connectivity index (χ0n) is 10.9. The summed E-state index contributed by atoms with van der Waals surface area (Å²) in [7, 11) is 0. The molecule has 0 saturated heterocycles. The third kappa shape index (κ3) is 2.06. The standard InChI is InChI=1S/C17H17FO/c1-12-7-8-13(11-15(12)18)16(19)17(9-10-17)14-5-3-2-4-6-14/h2-8,11,16,19H,9-10H2,1H3. The van der Waals surface area contributed by atoms with Crippen LogP contribution in [0.1, 0.15) is 35.6 Å². The summed E-state index contributed by atoms with van der Waals surface area (Å²) >= 11 is 0. The van der Waals surface area contributed by atoms with Crippen molar-refractivity contribution < 1.29 is 9.50 Å². The zero-order chi connectivity index (χ0) is 13.5. The first kappa shape index (κ1) is 12.4. The van der Waals surface area contributed by atoms with Gasteiger partial charge >= 0.3 is 0 Å². The molecular weight excluding hydrogens is 239 g/mol. The number of halogens is 1. The SMILES string of the molecule is Cc1ccc(C(O)C2(c3ccccc3)CC2)cc1F. The minimum Gasteiger partial charge on any atom is -0.387 e. The second kappa shape index (κ2) is 4.46. The first-order chi connectivity index (χ1) is 9.13. The van der Waals surface area contributed by atoms with Crippen LogP contribution < -0.4 is 0 Å². The highest BCUT2D eigenvalue weighted by molar-refractivity contribution is 5.38. The van der Waals surface area contributed by atoms with Crippen molar-refractivity contribution in [3.8, 4) is 0 Å². The Hall–Kier alpha value is -1.67. The maximum Gasteiger partial charge on any atom is 0.126 e. The Morgan fingerprint density at radius 2 is 1.79 bits per heavy atom. The van der Waals surface area contributed by atoms with Crippen molar-refractivity contribution in [3.63, 3.8) is 0 Å². The molecular formula is C17H17FO. The predicted octanol–water partition coefficient (Wildman–Crippen LogP) is 3.90. The van der Waals surface area contributed by atoms with E-state index in [1.54, 1.807) is 13.0 Å². The molecule has 1 unspecified atom stereocenters. The minimum absolute atomic E-state index is 0.219. The van der Waals surface area contributed by atoms with Crippen LogP contribution in [0.5, 0.6) is 0 Å². The molecule has 0 aromatic heterocycles. The Morgan fingerprint density at radius 1 is 1.11 bits per heavy atom. The molecule has 1 atom stereocenters. The molecule has 1 N–H and O–H groups in total. The van der Waals surface area contributed by atoms with E-state index >= 15 is 0 Å². The summed E-state index contributed by atoms with van der Waals surface area (Å²) in [6.45, 7) is 1.73. The summed E-state index contributed by atoms with van der Waals surface area (Å²) in [6, 6.07) is 15.0. The lowest BCUT2D eigenvalue weighted by Gasteiger charge is -2.23. The van der Waals surface area contributed by atoms with Crippen molar-refractivity contribution in [2.45, 2.75) is 31.3 Å². The van der Waals surface area contributed by atoms with Crippen molar-refractivity contribution >= 4 is 0 Å². The molecule has 2 aromatic carbocycles. The molecule has 1 aliphatic rings. The van der Waals surface area contributed by atoms with Crippen LogP contribution >= 0.6 is 0 Å². The van der Waals surface area contributed by atoms with Gasteiger partial charge < -0.3 is 5.11 Å². The predicted molar refractivity (Wildman–Crippen MR) is 73.5 cm³/mol. The largest absolute Gasteiger partial charge is 0.387 e. The molecule has 0 heterocycles. The Bertz CT molecular complexity index is 587. The number of aliphatic hydroxyl groups is 1. The molecule has 0 bridgehead atoms. The summed E-state index contributed by atoms with van der Waals surface area (Å²) in [5, 5.41) is 10.6. The third-order valence-corrected chi connectivity index (χ3v) is 4.17. The van der Waals surface area contributed by atoms with Crippen molar-refractivity contribution in [1.82, 2.24) is 0 Å². The van der Waals surface area contributed by atoms with E-state index in [-0.39, 0.29) is 11.2 Å². The Morgan fingerprint density at radius 3 is 2.37 bits per heavy atom. The van der Waals surface area contributed by atoms with E-state index in [2.05, 4.69) is 0 Å². The smallest absolute Gasteiger partial charge is 0.126 e. The van der Waals surface area contributed by atoms with E-state index in [0.29, 0.717) is 11.1 Å². The van der Waals surface area contributed by atoms with Crippen molar-refractivity contribution in [3.05, 3.63) is 71.0 Å². The highest BCUT2D eigenvalue weighted by atomic mass is 19.1. The van der Waals surface area contributed by atoms with Crippen LogP contribution in [0.15, 0.2) is 48.5 Å². The van der Waals surface area contributed by atoms with Gasteiger partial charge in [-0.1, -0.05) is 42.5 Å². The van der Waals surface area contributed by atoms with E-state index in [1.807, 2.05) is 36.4 Å². The quantitative estimate of drug-likeness (QED) is 0.883. The lowest BCUT2D eigenvalue weighted by Crippen LogP contribution is -2.18. The van der Waals surface area contributed by atoms with Crippen molar-refractivity contribution in [2.24, 2.45) is 0 Å². The minimum atomic E-state index is -0.634. The van der Waals surface area contributed by atoms with Gasteiger partial charge in [0.1, 0.15) is 5.82 Å². The second-order valence-corrected chi connectivity index (χ2v) is 5.43. The van der Waals surface area contributed by atoms with Crippen LogP contribution in [0, 0.1) is 12.7 Å². The van der Waals surface area contributed by atoms with Crippen LogP contribution in [0.3, 0.4) is 0 Å². The molecule has 1 saturated carbocycles. The summed E-state index contributed by atoms with van der Waals surface area (Å²) in [5.41, 5.74) is 2.21. The van der Waals surface area contributed by atoms with Gasteiger partial charge in [0.25, 0.3) is 0 Å². The lowest BCUT2D eigenvalue weighted by atomic mass is 9.86. The lowest BCUT2D eigenvalue weighted by molar-refractivity contribution is 0.132. The van der Waals surface area contributed by atoms with Gasteiger partial charge in [0.2, 0.25) is 0 Å². The average molecular weight is 256 g/mol. The topological polar surface area (TPSA) is 20.2 Å². The first-order valence-electron chi connectivity index (χ1n) is 6.63. The highest BCUT2D eigenvalue weighted by Gasteiger charge is 2.50. The highest BCUT2D eigenvalue weighted by Crippen LogP contribution is 2.56. The van der Waals surface area contributed by atoms with Gasteiger partial charge in [0, 0.05) is 5.41 Å². The molecule has 0 spiro atoms. The maximum atomic E-state index is 13.6. The fraction of sp³-hybridized carbons (Fsp3) is 0.294. The van der Waals surface area contributed by atoms with Crippen molar-refractivity contribution in [2.75, 3.05) is 0 Å². The number of aliphatic hydroxyl groups excluding tert-OH is 1. The molecule has 3 rings (SSSR count). The van der Waals surface area contributed by atoms with E-state index in [4.69, 9.17) is 0 Å². The molecule has 2 aromatic rings. The maximum absolute atomic E-state index is 13.6. The molecule has 1 aliphatic carbocycles. The molecule has 0 aliphatic heterocycles. The van der Waals surface area contributed by atoms with Crippen LogP contribution in [-0.2, 0) is 5.41 Å². The second-order valence-electron chi connectivity index (χ2n) is 5.43. The van der Waals surface area contributed by atoms with Crippen LogP contribution in [0.2, 0.25) is 0 Å². The molecule has 0 radical (unpaired) electrons. The number of rotatable bonds is 3. The Balaban J connectivity index is 1.96. The number of hydrogen-bond donors (Lipinski definition) is 1. The normalized spacial score (nSPS) is 18.1. The van der Waals surface area contributed by atoms with Crippen LogP contribution in [0.4, 0.5) is 4.39 Å². The van der Waals surface area contributed by atoms with Gasteiger partial charge in [-0.25, -0.2) is 4.39 Å². The first-order valence-corrected chi connectivity index (χ1v) is 6.63. The summed E-state index contributed by atoms with van der Waals surface area (Å²) < 4.78 is 13.6. The van der Waals surface area contributed by atoms with Gasteiger partial charge in [0.05, 0.1) is 6.10 Å². The van der Waals surface area contributed by atoms with Gasteiger partial charge in [-0.05, 0) is 42.5 Å². The molecule has 0 amide bonds. The molecule has 19 heavy (non-hydrogen) atoms. The van der Waals surface area contributed by atoms with Crippen LogP contribution in [-0.4, -0.2) is 5.11 Å². The van der Waals surface area contributed by atoms with Crippen molar-refractivity contribution in [1.29, 1.82) is 0 Å². The number of aryl methyl sites for hydroxylation is 1. The third-order valence-electron chi connectivity index (χ3n) is 4.17. The van der Waals surface area contributed by atoms with E-state index in [9.17, 15) is 9.50 Å².